The number of aromatic nitrogens is 1. The molecule has 0 spiro atoms. The molecule has 0 unspecified atom stereocenters. The average molecular weight is 333 g/mol. The number of carboxylic acids is 1. The van der Waals surface area contributed by atoms with Crippen molar-refractivity contribution < 1.29 is 43.9 Å². The predicted octanol–water partition coefficient (Wildman–Crippen LogP) is -0.145. The molecule has 6 heteroatoms. The van der Waals surface area contributed by atoms with Crippen LogP contribution >= 0.6 is 11.8 Å². The van der Waals surface area contributed by atoms with Crippen molar-refractivity contribution in [1.82, 2.24) is 4.98 Å². The largest absolute Gasteiger partial charge is 1.00 e. The fraction of sp³-hybridized carbons (Fsp3) is 0.0588. The van der Waals surface area contributed by atoms with Gasteiger partial charge in [0.05, 0.1) is 5.97 Å². The van der Waals surface area contributed by atoms with Gasteiger partial charge in [0, 0.05) is 16.9 Å². The molecule has 0 aliphatic heterocycles. The van der Waals surface area contributed by atoms with E-state index < -0.39 is 5.97 Å². The SMILES string of the molecule is O=C([O-])CSc1nc(-c2ccccc2)c(-c2ccccc2)o1.[Na+]. The van der Waals surface area contributed by atoms with Gasteiger partial charge in [-0.15, -0.1) is 0 Å². The standard InChI is InChI=1S/C17H13NO3S.Na/c19-14(20)11-22-17-18-15(12-7-3-1-4-8-12)16(21-17)13-9-5-2-6-10-13;/h1-10H,11H2,(H,19,20);/q;+1/p-1. The second-order valence-electron chi connectivity index (χ2n) is 4.55. The number of hydrogen-bond donors (Lipinski definition) is 0. The molecule has 3 aromatic rings. The molecule has 0 fully saturated rings. The third kappa shape index (κ3) is 4.48. The molecule has 0 N–H and O–H groups in total. The van der Waals surface area contributed by atoms with Crippen molar-refractivity contribution in [3.8, 4) is 22.6 Å². The van der Waals surface area contributed by atoms with Gasteiger partial charge in [0.15, 0.2) is 5.76 Å². The van der Waals surface area contributed by atoms with Crippen LogP contribution in [0.25, 0.3) is 22.6 Å². The number of carbonyl (C=O) groups excluding carboxylic acids is 1. The summed E-state index contributed by atoms with van der Waals surface area (Å²) in [7, 11) is 0. The normalized spacial score (nSPS) is 10.1. The first kappa shape index (κ1) is 17.8. The summed E-state index contributed by atoms with van der Waals surface area (Å²) >= 11 is 1.01. The third-order valence-electron chi connectivity index (χ3n) is 3.00. The van der Waals surface area contributed by atoms with Gasteiger partial charge < -0.3 is 14.3 Å². The molecule has 23 heavy (non-hydrogen) atoms. The Kier molecular flexibility index (Phi) is 6.47. The molecular weight excluding hydrogens is 321 g/mol. The molecule has 0 atom stereocenters. The van der Waals surface area contributed by atoms with E-state index in [9.17, 15) is 9.90 Å². The van der Waals surface area contributed by atoms with Gasteiger partial charge in [-0.3, -0.25) is 0 Å². The van der Waals surface area contributed by atoms with Gasteiger partial charge in [0.25, 0.3) is 5.22 Å². The van der Waals surface area contributed by atoms with Crippen molar-refractivity contribution in [2.45, 2.75) is 5.22 Å². The Hall–Kier alpha value is -1.53. The van der Waals surface area contributed by atoms with Crippen molar-refractivity contribution in [3.05, 3.63) is 60.7 Å². The first-order chi connectivity index (χ1) is 10.7. The van der Waals surface area contributed by atoms with Crippen molar-refractivity contribution in [2.24, 2.45) is 0 Å². The Morgan fingerprint density at radius 1 is 1.00 bits per heavy atom. The molecule has 4 nitrogen and oxygen atoms in total. The molecular formula is C17H12NNaO3S. The second-order valence-corrected chi connectivity index (χ2v) is 5.48. The molecule has 3 rings (SSSR count). The maximum atomic E-state index is 10.6. The number of aliphatic carboxylic acids is 1. The van der Waals surface area contributed by atoms with Crippen molar-refractivity contribution in [1.29, 1.82) is 0 Å². The van der Waals surface area contributed by atoms with Gasteiger partial charge in [-0.25, -0.2) is 4.98 Å². The smallest absolute Gasteiger partial charge is 0.549 e. The van der Waals surface area contributed by atoms with E-state index in [2.05, 4.69) is 4.98 Å². The van der Waals surface area contributed by atoms with Crippen LogP contribution in [-0.2, 0) is 4.79 Å². The van der Waals surface area contributed by atoms with Crippen molar-refractivity contribution >= 4 is 17.7 Å². The first-order valence-electron chi connectivity index (χ1n) is 6.68. The van der Waals surface area contributed by atoms with Crippen molar-refractivity contribution in [3.63, 3.8) is 0 Å². The maximum Gasteiger partial charge on any atom is 1.00 e. The predicted molar refractivity (Wildman–Crippen MR) is 83.1 cm³/mol. The molecule has 0 radical (unpaired) electrons. The first-order valence-corrected chi connectivity index (χ1v) is 7.67. The van der Waals surface area contributed by atoms with E-state index in [4.69, 9.17) is 4.42 Å². The summed E-state index contributed by atoms with van der Waals surface area (Å²) in [6.07, 6.45) is 0. The summed E-state index contributed by atoms with van der Waals surface area (Å²) in [6.45, 7) is 0. The molecule has 0 aliphatic rings. The molecule has 0 amide bonds. The molecule has 2 aromatic carbocycles. The zero-order valence-electron chi connectivity index (χ0n) is 12.6. The van der Waals surface area contributed by atoms with Crippen LogP contribution in [0.1, 0.15) is 0 Å². The number of benzene rings is 2. The van der Waals surface area contributed by atoms with Crippen LogP contribution in [-0.4, -0.2) is 16.7 Å². The minimum Gasteiger partial charge on any atom is -0.549 e. The Labute approximate surface area is 160 Å². The van der Waals surface area contributed by atoms with Gasteiger partial charge in [-0.1, -0.05) is 72.4 Å². The summed E-state index contributed by atoms with van der Waals surface area (Å²) in [5.41, 5.74) is 2.52. The van der Waals surface area contributed by atoms with Gasteiger partial charge in [0.1, 0.15) is 5.69 Å². The molecule has 110 valence electrons. The number of carboxylic acid groups (broad SMARTS) is 1. The molecule has 1 aromatic heterocycles. The van der Waals surface area contributed by atoms with E-state index in [1.54, 1.807) is 0 Å². The third-order valence-corrected chi connectivity index (χ3v) is 3.81. The number of rotatable bonds is 5. The zero-order chi connectivity index (χ0) is 15.4. The van der Waals surface area contributed by atoms with Crippen LogP contribution < -0.4 is 34.7 Å². The zero-order valence-corrected chi connectivity index (χ0v) is 15.4. The molecule has 0 saturated heterocycles. The van der Waals surface area contributed by atoms with E-state index >= 15 is 0 Å². The Morgan fingerprint density at radius 3 is 2.13 bits per heavy atom. The summed E-state index contributed by atoms with van der Waals surface area (Å²) in [5, 5.41) is 10.9. The van der Waals surface area contributed by atoms with Crippen LogP contribution in [0.5, 0.6) is 0 Å². The topological polar surface area (TPSA) is 66.2 Å². The summed E-state index contributed by atoms with van der Waals surface area (Å²) in [4.78, 5) is 15.0. The fourth-order valence-electron chi connectivity index (χ4n) is 2.06. The fourth-order valence-corrected chi connectivity index (χ4v) is 2.60. The number of oxazole rings is 1. The van der Waals surface area contributed by atoms with E-state index in [0.717, 1.165) is 22.9 Å². The summed E-state index contributed by atoms with van der Waals surface area (Å²) in [6, 6.07) is 19.3. The number of thioether (sulfide) groups is 1. The van der Waals surface area contributed by atoms with Gasteiger partial charge in [0.2, 0.25) is 0 Å². The van der Waals surface area contributed by atoms with Gasteiger partial charge >= 0.3 is 29.6 Å². The number of hydrogen-bond acceptors (Lipinski definition) is 5. The van der Waals surface area contributed by atoms with Crippen LogP contribution in [0, 0.1) is 0 Å². The minimum atomic E-state index is -1.15. The van der Waals surface area contributed by atoms with Crippen LogP contribution in [0.2, 0.25) is 0 Å². The number of nitrogens with zero attached hydrogens (tertiary/aromatic N) is 1. The molecule has 0 aliphatic carbocycles. The molecule has 1 heterocycles. The van der Waals surface area contributed by atoms with Crippen molar-refractivity contribution in [2.75, 3.05) is 5.75 Å². The summed E-state index contributed by atoms with van der Waals surface area (Å²) in [5.74, 6) is -0.707. The van der Waals surface area contributed by atoms with E-state index in [0.29, 0.717) is 16.7 Å². The Balaban J connectivity index is 0.00000192. The van der Waals surface area contributed by atoms with Gasteiger partial charge in [-0.2, -0.15) is 0 Å². The second kappa shape index (κ2) is 8.36. The molecule has 0 saturated carbocycles. The van der Waals surface area contributed by atoms with E-state index in [-0.39, 0.29) is 35.3 Å². The van der Waals surface area contributed by atoms with Crippen LogP contribution in [0.4, 0.5) is 0 Å². The summed E-state index contributed by atoms with van der Waals surface area (Å²) < 4.78 is 5.77. The molecule has 0 bridgehead atoms. The van der Waals surface area contributed by atoms with E-state index in [1.165, 1.54) is 0 Å². The Morgan fingerprint density at radius 2 is 1.57 bits per heavy atom. The number of carbonyl (C=O) groups is 1. The van der Waals surface area contributed by atoms with Crippen LogP contribution in [0.15, 0.2) is 70.3 Å². The monoisotopic (exact) mass is 333 g/mol. The maximum absolute atomic E-state index is 10.6. The minimum absolute atomic E-state index is 0. The quantitative estimate of drug-likeness (QED) is 0.480. The van der Waals surface area contributed by atoms with Crippen LogP contribution in [0.3, 0.4) is 0 Å². The average Bonchev–Trinajstić information content (AvgIpc) is 2.99. The van der Waals surface area contributed by atoms with Gasteiger partial charge in [-0.05, 0) is 0 Å². The van der Waals surface area contributed by atoms with E-state index in [1.807, 2.05) is 60.7 Å². The Bertz CT molecular complexity index is 718.